The summed E-state index contributed by atoms with van der Waals surface area (Å²) in [5.74, 6) is 0. The van der Waals surface area contributed by atoms with Crippen molar-refractivity contribution in [1.82, 2.24) is 0 Å². The Hall–Kier alpha value is -0.333. The van der Waals surface area contributed by atoms with E-state index in [2.05, 4.69) is 18.4 Å². The molecule has 0 aliphatic carbocycles. The van der Waals surface area contributed by atoms with E-state index in [1.807, 2.05) is 25.1 Å². The lowest BCUT2D eigenvalue weighted by Crippen LogP contribution is -2.41. The molecule has 0 amide bonds. The van der Waals surface area contributed by atoms with Crippen molar-refractivity contribution in [3.8, 4) is 0 Å². The van der Waals surface area contributed by atoms with Gasteiger partial charge in [0, 0.05) is 32.3 Å². The highest BCUT2D eigenvalue weighted by atomic mass is 32.2. The molecule has 0 fully saturated rings. The van der Waals surface area contributed by atoms with Gasteiger partial charge in [-0.1, -0.05) is 25.1 Å². The Morgan fingerprint density at radius 3 is 1.65 bits per heavy atom. The van der Waals surface area contributed by atoms with Crippen molar-refractivity contribution in [2.75, 3.05) is 27.6 Å². The molecule has 0 saturated heterocycles. The van der Waals surface area contributed by atoms with E-state index >= 15 is 0 Å². The molecular weight excluding hydrogens is 252 g/mol. The maximum atomic E-state index is 5.08. The summed E-state index contributed by atoms with van der Waals surface area (Å²) in [6, 6.07) is 11.1. The third kappa shape index (κ3) is 6.23. The Morgan fingerprint density at radius 2 is 1.47 bits per heavy atom. The van der Waals surface area contributed by atoms with Crippen LogP contribution in [0.4, 0.5) is 0 Å². The van der Waals surface area contributed by atoms with E-state index in [-0.39, 0.29) is 0 Å². The van der Waals surface area contributed by atoms with Gasteiger partial charge in [0.05, 0.1) is 0 Å². The molecule has 1 rings (SSSR count). The minimum absolute atomic E-state index is 0.816. The Kier molecular flexibility index (Phi) is 9.48. The van der Waals surface area contributed by atoms with Gasteiger partial charge in [-0.3, -0.25) is 0 Å². The van der Waals surface area contributed by atoms with Crippen LogP contribution in [0.25, 0.3) is 0 Å². The van der Waals surface area contributed by atoms with Gasteiger partial charge in [0.15, 0.2) is 0 Å². The highest BCUT2D eigenvalue weighted by molar-refractivity contribution is 7.98. The van der Waals surface area contributed by atoms with Crippen LogP contribution in [-0.4, -0.2) is 36.4 Å². The second-order valence-electron chi connectivity index (χ2n) is 3.17. The summed E-state index contributed by atoms with van der Waals surface area (Å²) in [6.07, 6.45) is 2.08. The zero-order valence-electron chi connectivity index (χ0n) is 11.2. The molecule has 0 heterocycles. The molecule has 0 aromatic heterocycles. The van der Waals surface area contributed by atoms with Crippen molar-refractivity contribution in [3.05, 3.63) is 30.3 Å². The SMILES string of the molecule is CC[Si](OC)(OC)OC.CSc1ccccc1. The van der Waals surface area contributed by atoms with E-state index in [0.717, 1.165) is 6.04 Å². The monoisotopic (exact) mass is 274 g/mol. The Bertz CT molecular complexity index is 261. The first-order valence-electron chi connectivity index (χ1n) is 5.42. The second-order valence-corrected chi connectivity index (χ2v) is 7.34. The van der Waals surface area contributed by atoms with Crippen molar-refractivity contribution in [2.24, 2.45) is 0 Å². The molecule has 17 heavy (non-hydrogen) atoms. The summed E-state index contributed by atoms with van der Waals surface area (Å²) in [6.45, 7) is 1.99. The van der Waals surface area contributed by atoms with Crippen LogP contribution in [-0.2, 0) is 13.3 Å². The van der Waals surface area contributed by atoms with Crippen LogP contribution >= 0.6 is 11.8 Å². The molecule has 1 aromatic rings. The topological polar surface area (TPSA) is 27.7 Å². The first-order valence-corrected chi connectivity index (χ1v) is 8.58. The first-order chi connectivity index (χ1) is 8.17. The molecule has 1 aromatic carbocycles. The second kappa shape index (κ2) is 9.67. The fraction of sp³-hybridized carbons (Fsp3) is 0.500. The van der Waals surface area contributed by atoms with E-state index in [1.165, 1.54) is 4.90 Å². The predicted molar refractivity (Wildman–Crippen MR) is 75.5 cm³/mol. The molecule has 0 aliphatic rings. The number of hydrogen-bond donors (Lipinski definition) is 0. The number of rotatable bonds is 5. The van der Waals surface area contributed by atoms with Gasteiger partial charge in [0.1, 0.15) is 0 Å². The molecule has 0 bridgehead atoms. The van der Waals surface area contributed by atoms with Crippen molar-refractivity contribution in [3.63, 3.8) is 0 Å². The van der Waals surface area contributed by atoms with Crippen LogP contribution in [0, 0.1) is 0 Å². The third-order valence-corrected chi connectivity index (χ3v) is 5.82. The van der Waals surface area contributed by atoms with E-state index in [4.69, 9.17) is 13.3 Å². The van der Waals surface area contributed by atoms with Crippen LogP contribution in [0.3, 0.4) is 0 Å². The summed E-state index contributed by atoms with van der Waals surface area (Å²) in [4.78, 5) is 1.33. The fourth-order valence-electron chi connectivity index (χ4n) is 1.24. The largest absolute Gasteiger partial charge is 0.499 e. The average molecular weight is 274 g/mol. The maximum absolute atomic E-state index is 5.08. The zero-order chi connectivity index (χ0) is 13.1. The van der Waals surface area contributed by atoms with Crippen molar-refractivity contribution >= 4 is 20.6 Å². The number of hydrogen-bond acceptors (Lipinski definition) is 4. The van der Waals surface area contributed by atoms with Gasteiger partial charge in [0.25, 0.3) is 0 Å². The average Bonchev–Trinajstić information content (AvgIpc) is 2.44. The molecule has 0 aliphatic heterocycles. The summed E-state index contributed by atoms with van der Waals surface area (Å²) in [5.41, 5.74) is 0. The first kappa shape index (κ1) is 16.7. The lowest BCUT2D eigenvalue weighted by Gasteiger charge is -2.22. The number of benzene rings is 1. The lowest BCUT2D eigenvalue weighted by molar-refractivity contribution is 0.125. The van der Waals surface area contributed by atoms with E-state index in [0.29, 0.717) is 0 Å². The highest BCUT2D eigenvalue weighted by Crippen LogP contribution is 2.11. The van der Waals surface area contributed by atoms with Crippen LogP contribution < -0.4 is 0 Å². The maximum Gasteiger partial charge on any atom is 0.499 e. The molecule has 0 N–H and O–H groups in total. The molecule has 98 valence electrons. The van der Waals surface area contributed by atoms with Crippen LogP contribution in [0.2, 0.25) is 6.04 Å². The minimum atomic E-state index is -2.19. The Morgan fingerprint density at radius 1 is 1.00 bits per heavy atom. The van der Waals surface area contributed by atoms with E-state index < -0.39 is 8.80 Å². The van der Waals surface area contributed by atoms with Crippen molar-refractivity contribution in [1.29, 1.82) is 0 Å². The highest BCUT2D eigenvalue weighted by Gasteiger charge is 2.34. The van der Waals surface area contributed by atoms with Gasteiger partial charge in [-0.2, -0.15) is 0 Å². The molecule has 5 heteroatoms. The van der Waals surface area contributed by atoms with Crippen LogP contribution in [0.5, 0.6) is 0 Å². The summed E-state index contributed by atoms with van der Waals surface area (Å²) >= 11 is 1.77. The molecule has 0 saturated carbocycles. The molecular formula is C12H22O3SSi. The minimum Gasteiger partial charge on any atom is -0.377 e. The van der Waals surface area contributed by atoms with Gasteiger partial charge in [0.2, 0.25) is 0 Å². The molecule has 0 atom stereocenters. The predicted octanol–water partition coefficient (Wildman–Crippen LogP) is 3.29. The number of thioether (sulfide) groups is 1. The smallest absolute Gasteiger partial charge is 0.377 e. The normalized spacial score (nSPS) is 10.6. The molecule has 0 radical (unpaired) electrons. The Balaban J connectivity index is 0.000000302. The van der Waals surface area contributed by atoms with Gasteiger partial charge in [-0.25, -0.2) is 0 Å². The Labute approximate surface area is 110 Å². The summed E-state index contributed by atoms with van der Waals surface area (Å²) in [5, 5.41) is 0. The lowest BCUT2D eigenvalue weighted by atomic mass is 10.4. The molecule has 0 spiro atoms. The standard InChI is InChI=1S/C7H8S.C5H14O3Si/c1-8-7-5-3-2-4-6-7;1-5-9(6-2,7-3)8-4/h2-6H,1H3;5H2,1-4H3. The van der Waals surface area contributed by atoms with E-state index in [1.54, 1.807) is 33.1 Å². The summed E-state index contributed by atoms with van der Waals surface area (Å²) in [7, 11) is 2.65. The van der Waals surface area contributed by atoms with Gasteiger partial charge >= 0.3 is 8.80 Å². The third-order valence-electron chi connectivity index (χ3n) is 2.34. The van der Waals surface area contributed by atoms with Gasteiger partial charge < -0.3 is 13.3 Å². The van der Waals surface area contributed by atoms with Crippen LogP contribution in [0.15, 0.2) is 35.2 Å². The summed E-state index contributed by atoms with van der Waals surface area (Å²) < 4.78 is 15.2. The molecule has 0 unspecified atom stereocenters. The van der Waals surface area contributed by atoms with Crippen molar-refractivity contribution < 1.29 is 13.3 Å². The molecule has 3 nitrogen and oxygen atoms in total. The van der Waals surface area contributed by atoms with Gasteiger partial charge in [-0.05, 0) is 18.4 Å². The van der Waals surface area contributed by atoms with E-state index in [9.17, 15) is 0 Å². The quantitative estimate of drug-likeness (QED) is 0.608. The van der Waals surface area contributed by atoms with Gasteiger partial charge in [-0.15, -0.1) is 11.8 Å². The zero-order valence-corrected chi connectivity index (χ0v) is 13.0. The fourth-order valence-corrected chi connectivity index (χ4v) is 3.03. The van der Waals surface area contributed by atoms with Crippen LogP contribution in [0.1, 0.15) is 6.92 Å². The van der Waals surface area contributed by atoms with Crippen molar-refractivity contribution in [2.45, 2.75) is 17.9 Å².